The fourth-order valence-electron chi connectivity index (χ4n) is 4.15. The fourth-order valence-corrected chi connectivity index (χ4v) is 4.37. The number of hydrogen-bond acceptors (Lipinski definition) is 3. The largest absolute Gasteiger partial charge is 0.362 e. The quantitative estimate of drug-likeness (QED) is 0.561. The Kier molecular flexibility index (Phi) is 8.10. The van der Waals surface area contributed by atoms with E-state index in [9.17, 15) is 4.79 Å². The minimum atomic E-state index is 0.138. The molecule has 1 atom stereocenters. The van der Waals surface area contributed by atoms with Crippen LogP contribution in [0.25, 0.3) is 0 Å². The topological polar surface area (TPSA) is 47.6 Å². The lowest BCUT2D eigenvalue weighted by Gasteiger charge is -2.30. The summed E-state index contributed by atoms with van der Waals surface area (Å²) < 4.78 is 0. The van der Waals surface area contributed by atoms with E-state index in [0.717, 1.165) is 62.6 Å². The third-order valence-corrected chi connectivity index (χ3v) is 5.96. The highest BCUT2D eigenvalue weighted by Crippen LogP contribution is 2.16. The van der Waals surface area contributed by atoms with Crippen molar-refractivity contribution in [1.82, 2.24) is 15.1 Å². The molecule has 2 heterocycles. The average molecular weight is 403 g/mol. The maximum Gasteiger partial charge on any atom is 0.253 e. The predicted molar refractivity (Wildman–Crippen MR) is 120 cm³/mol. The highest BCUT2D eigenvalue weighted by atomic mass is 32.1. The van der Waals surface area contributed by atoms with Crippen molar-refractivity contribution >= 4 is 28.9 Å². The fraction of sp³-hybridized carbons (Fsp3) is 0.636. The van der Waals surface area contributed by atoms with E-state index in [1.807, 2.05) is 29.2 Å². The van der Waals surface area contributed by atoms with Crippen LogP contribution in [0, 0.1) is 5.92 Å². The molecular weight excluding hydrogens is 368 g/mol. The Morgan fingerprint density at radius 2 is 1.86 bits per heavy atom. The Hall–Kier alpha value is -1.66. The molecular formula is C22H34N4OS. The molecule has 2 N–H and O–H groups in total. The molecule has 1 aromatic rings. The molecule has 5 nitrogen and oxygen atoms in total. The first-order valence-electron chi connectivity index (χ1n) is 10.8. The first kappa shape index (κ1) is 21.1. The molecule has 0 spiro atoms. The number of piperidine rings is 2. The molecule has 1 aromatic carbocycles. The van der Waals surface area contributed by atoms with Crippen LogP contribution in [0.3, 0.4) is 0 Å². The molecule has 2 aliphatic heterocycles. The van der Waals surface area contributed by atoms with Crippen LogP contribution >= 0.6 is 12.2 Å². The highest BCUT2D eigenvalue weighted by Gasteiger charge is 2.18. The second-order valence-corrected chi connectivity index (χ2v) is 8.62. The number of likely N-dealkylation sites (tertiary alicyclic amines) is 2. The number of thiocarbonyl (C=S) groups is 1. The number of carbonyl (C=O) groups is 1. The van der Waals surface area contributed by atoms with Crippen molar-refractivity contribution in [1.29, 1.82) is 0 Å². The molecule has 154 valence electrons. The Morgan fingerprint density at radius 3 is 2.57 bits per heavy atom. The summed E-state index contributed by atoms with van der Waals surface area (Å²) in [4.78, 5) is 17.0. The molecule has 6 heteroatoms. The van der Waals surface area contributed by atoms with E-state index < -0.39 is 0 Å². The van der Waals surface area contributed by atoms with E-state index in [4.69, 9.17) is 12.2 Å². The summed E-state index contributed by atoms with van der Waals surface area (Å²) in [5, 5.41) is 7.15. The number of benzene rings is 1. The van der Waals surface area contributed by atoms with Crippen LogP contribution in [0.1, 0.15) is 55.8 Å². The van der Waals surface area contributed by atoms with Crippen molar-refractivity contribution in [2.24, 2.45) is 5.92 Å². The standard InChI is InChI=1S/C22H34N4OS/c1-18-7-5-13-25(17-18)14-6-12-23-22(28)24-20-10-8-19(9-11-20)21(27)26-15-3-2-4-16-26/h8-11,18H,2-7,12-17H2,1H3,(H2,23,24,28). The van der Waals surface area contributed by atoms with Crippen LogP contribution in [-0.4, -0.2) is 60.1 Å². The lowest BCUT2D eigenvalue weighted by Crippen LogP contribution is -2.37. The Labute approximate surface area is 174 Å². The van der Waals surface area contributed by atoms with Crippen LogP contribution in [0.5, 0.6) is 0 Å². The minimum absolute atomic E-state index is 0.138. The predicted octanol–water partition coefficient (Wildman–Crippen LogP) is 3.72. The summed E-state index contributed by atoms with van der Waals surface area (Å²) in [5.74, 6) is 0.966. The van der Waals surface area contributed by atoms with E-state index in [0.29, 0.717) is 5.11 Å². The number of anilines is 1. The molecule has 1 amide bonds. The van der Waals surface area contributed by atoms with E-state index >= 15 is 0 Å². The van der Waals surface area contributed by atoms with Gasteiger partial charge in [-0.1, -0.05) is 6.92 Å². The zero-order chi connectivity index (χ0) is 19.8. The molecule has 2 aliphatic rings. The van der Waals surface area contributed by atoms with Crippen molar-refractivity contribution in [3.8, 4) is 0 Å². The molecule has 0 aliphatic carbocycles. The van der Waals surface area contributed by atoms with Gasteiger partial charge in [-0.3, -0.25) is 4.79 Å². The lowest BCUT2D eigenvalue weighted by atomic mass is 10.0. The number of rotatable bonds is 6. The summed E-state index contributed by atoms with van der Waals surface area (Å²) in [6.45, 7) is 8.57. The number of nitrogens with zero attached hydrogens (tertiary/aromatic N) is 2. The second-order valence-electron chi connectivity index (χ2n) is 8.21. The molecule has 3 rings (SSSR count). The summed E-state index contributed by atoms with van der Waals surface area (Å²) in [7, 11) is 0. The van der Waals surface area contributed by atoms with Gasteiger partial charge >= 0.3 is 0 Å². The van der Waals surface area contributed by atoms with Gasteiger partial charge in [0.2, 0.25) is 0 Å². The van der Waals surface area contributed by atoms with Crippen molar-refractivity contribution in [3.05, 3.63) is 29.8 Å². The summed E-state index contributed by atoms with van der Waals surface area (Å²) in [6.07, 6.45) is 7.24. The van der Waals surface area contributed by atoms with Gasteiger partial charge in [-0.2, -0.15) is 0 Å². The van der Waals surface area contributed by atoms with Crippen molar-refractivity contribution in [2.75, 3.05) is 44.6 Å². The van der Waals surface area contributed by atoms with Gasteiger partial charge in [-0.25, -0.2) is 0 Å². The van der Waals surface area contributed by atoms with Crippen molar-refractivity contribution in [3.63, 3.8) is 0 Å². The van der Waals surface area contributed by atoms with E-state index in [2.05, 4.69) is 22.5 Å². The van der Waals surface area contributed by atoms with E-state index in [1.54, 1.807) is 0 Å². The lowest BCUT2D eigenvalue weighted by molar-refractivity contribution is 0.0724. The highest BCUT2D eigenvalue weighted by molar-refractivity contribution is 7.80. The van der Waals surface area contributed by atoms with Crippen LogP contribution < -0.4 is 10.6 Å². The van der Waals surface area contributed by atoms with Crippen LogP contribution in [0.15, 0.2) is 24.3 Å². The average Bonchev–Trinajstić information content (AvgIpc) is 2.72. The van der Waals surface area contributed by atoms with Gasteiger partial charge in [0.05, 0.1) is 0 Å². The van der Waals surface area contributed by atoms with E-state index in [1.165, 1.54) is 32.4 Å². The van der Waals surface area contributed by atoms with Gasteiger partial charge in [0.25, 0.3) is 5.91 Å². The van der Waals surface area contributed by atoms with Crippen LogP contribution in [-0.2, 0) is 0 Å². The molecule has 2 fully saturated rings. The Bertz CT molecular complexity index is 642. The normalized spacial score (nSPS) is 20.6. The summed E-state index contributed by atoms with van der Waals surface area (Å²) in [5.41, 5.74) is 1.67. The summed E-state index contributed by atoms with van der Waals surface area (Å²) >= 11 is 5.40. The first-order valence-corrected chi connectivity index (χ1v) is 11.2. The van der Waals surface area contributed by atoms with Gasteiger partial charge in [-0.05, 0) is 94.0 Å². The number of carbonyl (C=O) groups excluding carboxylic acids is 1. The van der Waals surface area contributed by atoms with Crippen molar-refractivity contribution < 1.29 is 4.79 Å². The van der Waals surface area contributed by atoms with Gasteiger partial charge in [0, 0.05) is 37.4 Å². The maximum absolute atomic E-state index is 12.5. The first-order chi connectivity index (χ1) is 13.6. The smallest absolute Gasteiger partial charge is 0.253 e. The Balaban J connectivity index is 1.36. The molecule has 28 heavy (non-hydrogen) atoms. The third kappa shape index (κ3) is 6.45. The molecule has 0 aromatic heterocycles. The molecule has 0 radical (unpaired) electrons. The monoisotopic (exact) mass is 402 g/mol. The minimum Gasteiger partial charge on any atom is -0.362 e. The summed E-state index contributed by atoms with van der Waals surface area (Å²) in [6, 6.07) is 7.64. The van der Waals surface area contributed by atoms with Crippen molar-refractivity contribution in [2.45, 2.75) is 45.4 Å². The molecule has 0 bridgehead atoms. The SMILES string of the molecule is CC1CCCN(CCCNC(=S)Nc2ccc(C(=O)N3CCCCC3)cc2)C1. The van der Waals surface area contributed by atoms with Gasteiger partial charge in [0.15, 0.2) is 5.11 Å². The third-order valence-electron chi connectivity index (χ3n) is 5.71. The molecule has 0 saturated carbocycles. The molecule has 1 unspecified atom stereocenters. The maximum atomic E-state index is 12.5. The van der Waals surface area contributed by atoms with Crippen LogP contribution in [0.4, 0.5) is 5.69 Å². The number of amides is 1. The Morgan fingerprint density at radius 1 is 1.11 bits per heavy atom. The van der Waals surface area contributed by atoms with Crippen LogP contribution in [0.2, 0.25) is 0 Å². The van der Waals surface area contributed by atoms with Gasteiger partial charge in [0.1, 0.15) is 0 Å². The van der Waals surface area contributed by atoms with Gasteiger partial charge < -0.3 is 20.4 Å². The second kappa shape index (κ2) is 10.8. The number of nitrogens with one attached hydrogen (secondary N) is 2. The zero-order valence-electron chi connectivity index (χ0n) is 17.1. The molecule has 2 saturated heterocycles. The zero-order valence-corrected chi connectivity index (χ0v) is 17.9. The van der Waals surface area contributed by atoms with E-state index in [-0.39, 0.29) is 5.91 Å². The van der Waals surface area contributed by atoms with Gasteiger partial charge in [-0.15, -0.1) is 0 Å². The number of hydrogen-bond donors (Lipinski definition) is 2.